The van der Waals surface area contributed by atoms with Gasteiger partial charge in [-0.25, -0.2) is 15.0 Å². The van der Waals surface area contributed by atoms with E-state index in [0.29, 0.717) is 11.5 Å². The summed E-state index contributed by atoms with van der Waals surface area (Å²) < 4.78 is 0. The number of rotatable bonds is 2. The van der Waals surface area contributed by atoms with Crippen LogP contribution in [0, 0.1) is 0 Å². The largest absolute Gasteiger partial charge is 0.227 e. The maximum absolute atomic E-state index is 6.20. The van der Waals surface area contributed by atoms with Gasteiger partial charge < -0.3 is 0 Å². The smallest absolute Gasteiger partial charge is 0.225 e. The van der Waals surface area contributed by atoms with Crippen LogP contribution in [0.25, 0.3) is 56.1 Å². The van der Waals surface area contributed by atoms with E-state index in [1.165, 1.54) is 5.56 Å². The van der Waals surface area contributed by atoms with Crippen LogP contribution >= 0.6 is 11.6 Å². The minimum atomic E-state index is 0.194. The van der Waals surface area contributed by atoms with Crippen LogP contribution in [0.4, 0.5) is 0 Å². The van der Waals surface area contributed by atoms with E-state index < -0.39 is 0 Å². The highest BCUT2D eigenvalue weighted by molar-refractivity contribution is 6.29. The summed E-state index contributed by atoms with van der Waals surface area (Å²) in [6, 6.07) is 26.6. The lowest BCUT2D eigenvalue weighted by atomic mass is 10.0. The molecule has 0 saturated heterocycles. The number of aromatic nitrogens is 4. The standard InChI is InChI=1S/C24H13ClN4/c25-24-27-21-18-9-5-4-8-17(18)20-19(21)23(29-24)28-22(26-20)16-12-10-15(11-13-16)14-6-2-1-3-7-14/h1-13H. The summed E-state index contributed by atoms with van der Waals surface area (Å²) in [4.78, 5) is 18.4. The Morgan fingerprint density at radius 2 is 1.10 bits per heavy atom. The summed E-state index contributed by atoms with van der Waals surface area (Å²) in [7, 11) is 0. The molecule has 0 bridgehead atoms. The third-order valence-corrected chi connectivity index (χ3v) is 5.39. The zero-order valence-electron chi connectivity index (χ0n) is 15.2. The maximum Gasteiger partial charge on any atom is 0.225 e. The fraction of sp³-hybridized carbons (Fsp3) is 0. The number of benzene rings is 3. The van der Waals surface area contributed by atoms with Gasteiger partial charge in [-0.15, -0.1) is 0 Å². The quantitative estimate of drug-likeness (QED) is 0.336. The molecule has 0 N–H and O–H groups in total. The molecule has 6 rings (SSSR count). The summed E-state index contributed by atoms with van der Waals surface area (Å²) in [5.41, 5.74) is 7.55. The van der Waals surface area contributed by atoms with E-state index in [1.807, 2.05) is 48.5 Å². The van der Waals surface area contributed by atoms with E-state index in [4.69, 9.17) is 21.6 Å². The van der Waals surface area contributed by atoms with Crippen LogP contribution in [0.1, 0.15) is 0 Å². The van der Waals surface area contributed by atoms with Crippen molar-refractivity contribution in [3.05, 3.63) is 84.1 Å². The topological polar surface area (TPSA) is 51.6 Å². The molecule has 0 aliphatic heterocycles. The molecule has 0 fully saturated rings. The van der Waals surface area contributed by atoms with Crippen molar-refractivity contribution in [3.63, 3.8) is 0 Å². The molecule has 3 aromatic carbocycles. The minimum Gasteiger partial charge on any atom is -0.227 e. The van der Waals surface area contributed by atoms with Gasteiger partial charge in [-0.05, 0) is 22.7 Å². The molecule has 2 heterocycles. The van der Waals surface area contributed by atoms with E-state index in [2.05, 4.69) is 40.3 Å². The van der Waals surface area contributed by atoms with Crippen molar-refractivity contribution in [2.75, 3.05) is 0 Å². The molecule has 5 heteroatoms. The summed E-state index contributed by atoms with van der Waals surface area (Å²) in [5.74, 6) is 0.629. The average molecular weight is 393 g/mol. The van der Waals surface area contributed by atoms with Crippen LogP contribution in [-0.4, -0.2) is 19.9 Å². The Morgan fingerprint density at radius 3 is 1.83 bits per heavy atom. The number of hydrogen-bond acceptors (Lipinski definition) is 4. The molecule has 2 aromatic heterocycles. The van der Waals surface area contributed by atoms with Crippen molar-refractivity contribution in [3.8, 4) is 45.0 Å². The van der Waals surface area contributed by atoms with E-state index >= 15 is 0 Å². The Hall–Kier alpha value is -3.63. The van der Waals surface area contributed by atoms with Crippen molar-refractivity contribution in [1.29, 1.82) is 0 Å². The SMILES string of the molecule is Clc1nc2c3c(nc(-c4ccc(-c5ccccc5)cc4)nc3n1)-c1ccccc1-2. The van der Waals surface area contributed by atoms with Crippen LogP contribution in [0.3, 0.4) is 0 Å². The normalized spacial score (nSPS) is 11.6. The Morgan fingerprint density at radius 1 is 0.517 bits per heavy atom. The summed E-state index contributed by atoms with van der Waals surface area (Å²) in [6.45, 7) is 0. The predicted octanol–water partition coefficient (Wildman–Crippen LogP) is 6.05. The second-order valence-electron chi connectivity index (χ2n) is 6.92. The Kier molecular flexibility index (Phi) is 3.49. The lowest BCUT2D eigenvalue weighted by Crippen LogP contribution is -1.96. The monoisotopic (exact) mass is 392 g/mol. The van der Waals surface area contributed by atoms with Crippen molar-refractivity contribution in [1.82, 2.24) is 19.9 Å². The Bertz CT molecular complexity index is 1400. The average Bonchev–Trinajstić information content (AvgIpc) is 3.09. The van der Waals surface area contributed by atoms with Gasteiger partial charge in [0.15, 0.2) is 11.5 Å². The lowest BCUT2D eigenvalue weighted by Gasteiger charge is -2.07. The van der Waals surface area contributed by atoms with Crippen molar-refractivity contribution >= 4 is 22.6 Å². The number of hydrogen-bond donors (Lipinski definition) is 0. The molecule has 0 radical (unpaired) electrons. The van der Waals surface area contributed by atoms with Crippen LogP contribution in [-0.2, 0) is 0 Å². The van der Waals surface area contributed by atoms with Gasteiger partial charge in [0.2, 0.25) is 5.28 Å². The molecule has 4 nitrogen and oxygen atoms in total. The first-order valence-electron chi connectivity index (χ1n) is 9.29. The van der Waals surface area contributed by atoms with Gasteiger partial charge in [0, 0.05) is 16.7 Å². The van der Waals surface area contributed by atoms with E-state index in [0.717, 1.165) is 39.0 Å². The summed E-state index contributed by atoms with van der Waals surface area (Å²) >= 11 is 6.20. The van der Waals surface area contributed by atoms with Gasteiger partial charge >= 0.3 is 0 Å². The molecule has 136 valence electrons. The number of halogens is 1. The molecule has 29 heavy (non-hydrogen) atoms. The first-order valence-corrected chi connectivity index (χ1v) is 9.67. The van der Waals surface area contributed by atoms with Crippen LogP contribution in [0.15, 0.2) is 78.9 Å². The zero-order valence-corrected chi connectivity index (χ0v) is 15.9. The molecular formula is C24H13ClN4. The van der Waals surface area contributed by atoms with Crippen molar-refractivity contribution in [2.24, 2.45) is 0 Å². The van der Waals surface area contributed by atoms with Gasteiger partial charge in [-0.2, -0.15) is 4.98 Å². The molecule has 0 amide bonds. The van der Waals surface area contributed by atoms with E-state index in [1.54, 1.807) is 0 Å². The van der Waals surface area contributed by atoms with Crippen molar-refractivity contribution in [2.45, 2.75) is 0 Å². The first kappa shape index (κ1) is 16.3. The summed E-state index contributed by atoms with van der Waals surface area (Å²) in [6.07, 6.45) is 0. The fourth-order valence-corrected chi connectivity index (χ4v) is 4.03. The Labute approximate surface area is 171 Å². The van der Waals surface area contributed by atoms with Crippen LogP contribution in [0.5, 0.6) is 0 Å². The van der Waals surface area contributed by atoms with E-state index in [9.17, 15) is 0 Å². The van der Waals surface area contributed by atoms with E-state index in [-0.39, 0.29) is 5.28 Å². The minimum absolute atomic E-state index is 0.194. The van der Waals surface area contributed by atoms with Gasteiger partial charge in [0.05, 0.1) is 16.8 Å². The highest BCUT2D eigenvalue weighted by atomic mass is 35.5. The summed E-state index contributed by atoms with van der Waals surface area (Å²) in [5, 5.41) is 1.06. The molecule has 0 unspecified atom stereocenters. The molecule has 0 atom stereocenters. The number of nitrogens with zero attached hydrogens (tertiary/aromatic N) is 4. The van der Waals surface area contributed by atoms with Gasteiger partial charge in [0.1, 0.15) is 0 Å². The predicted molar refractivity (Wildman–Crippen MR) is 115 cm³/mol. The highest BCUT2D eigenvalue weighted by Gasteiger charge is 2.26. The molecule has 1 aliphatic carbocycles. The molecule has 0 saturated carbocycles. The molecule has 0 spiro atoms. The molecular weight excluding hydrogens is 380 g/mol. The lowest BCUT2D eigenvalue weighted by molar-refractivity contribution is 1.16. The van der Waals surface area contributed by atoms with Gasteiger partial charge in [0.25, 0.3) is 0 Å². The van der Waals surface area contributed by atoms with Gasteiger partial charge in [-0.1, -0.05) is 78.9 Å². The third-order valence-electron chi connectivity index (χ3n) is 5.22. The highest BCUT2D eigenvalue weighted by Crippen LogP contribution is 2.45. The molecule has 1 aliphatic rings. The first-order chi connectivity index (χ1) is 14.3. The zero-order chi connectivity index (χ0) is 19.4. The third kappa shape index (κ3) is 2.53. The van der Waals surface area contributed by atoms with Crippen LogP contribution < -0.4 is 0 Å². The second kappa shape index (κ2) is 6.19. The van der Waals surface area contributed by atoms with Crippen molar-refractivity contribution < 1.29 is 0 Å². The molecule has 5 aromatic rings. The fourth-order valence-electron chi connectivity index (χ4n) is 3.87. The second-order valence-corrected chi connectivity index (χ2v) is 7.26. The Balaban J connectivity index is 1.54. The number of fused-ring (bicyclic) bond motifs is 3. The van der Waals surface area contributed by atoms with Crippen LogP contribution in [0.2, 0.25) is 5.28 Å². The maximum atomic E-state index is 6.20. The van der Waals surface area contributed by atoms with Gasteiger partial charge in [-0.3, -0.25) is 0 Å².